The van der Waals surface area contributed by atoms with Gasteiger partial charge in [-0.3, -0.25) is 4.90 Å². The monoisotopic (exact) mass is 201 g/mol. The third-order valence-corrected chi connectivity index (χ3v) is 1.87. The minimum Gasteiger partial charge on any atom is -0.478 e. The first-order valence-corrected chi connectivity index (χ1v) is 4.97. The van der Waals surface area contributed by atoms with Crippen LogP contribution in [0.2, 0.25) is 0 Å². The molecule has 0 spiro atoms. The Hall–Kier alpha value is -0.830. The number of aliphatic carboxylic acids is 1. The zero-order chi connectivity index (χ0) is 11.7. The quantitative estimate of drug-likeness (QED) is 0.710. The molecule has 0 aliphatic heterocycles. The van der Waals surface area contributed by atoms with Crippen molar-refractivity contribution in [1.82, 2.24) is 4.90 Å². The van der Waals surface area contributed by atoms with Gasteiger partial charge in [-0.15, -0.1) is 0 Å². The lowest BCUT2D eigenvalue weighted by atomic mass is 10.2. The summed E-state index contributed by atoms with van der Waals surface area (Å²) in [7, 11) is 0. The number of rotatable bonds is 4. The first kappa shape index (κ1) is 15.6. The fourth-order valence-electron chi connectivity index (χ4n) is 1.33. The number of nitrogens with zero attached hydrogens (tertiary/aromatic N) is 1. The van der Waals surface area contributed by atoms with Crippen LogP contribution >= 0.6 is 0 Å². The van der Waals surface area contributed by atoms with Crippen LogP contribution in [0.1, 0.15) is 34.6 Å². The topological polar surface area (TPSA) is 40.5 Å². The van der Waals surface area contributed by atoms with Crippen LogP contribution in [0.3, 0.4) is 0 Å². The lowest BCUT2D eigenvalue weighted by molar-refractivity contribution is -0.131. The van der Waals surface area contributed by atoms with Crippen molar-refractivity contribution in [2.24, 2.45) is 0 Å². The summed E-state index contributed by atoms with van der Waals surface area (Å²) in [6.07, 6.45) is 0.833. The van der Waals surface area contributed by atoms with Gasteiger partial charge in [0.1, 0.15) is 0 Å². The molecular weight excluding hydrogens is 178 g/mol. The summed E-state index contributed by atoms with van der Waals surface area (Å²) in [4.78, 5) is 11.7. The second kappa shape index (κ2) is 8.75. The molecule has 0 unspecified atom stereocenters. The second-order valence-electron chi connectivity index (χ2n) is 3.56. The molecule has 0 saturated heterocycles. The third kappa shape index (κ3) is 9.26. The molecule has 0 bridgehead atoms. The van der Waals surface area contributed by atoms with E-state index in [1.807, 2.05) is 0 Å². The molecule has 0 fully saturated rings. The summed E-state index contributed by atoms with van der Waals surface area (Å²) in [6.45, 7) is 15.3. The Balaban J connectivity index is 0. The summed E-state index contributed by atoms with van der Waals surface area (Å²) < 4.78 is 0. The summed E-state index contributed by atoms with van der Waals surface area (Å²) in [5, 5.41) is 7.60. The maximum absolute atomic E-state index is 9.25. The minimum atomic E-state index is -0.981. The van der Waals surface area contributed by atoms with Gasteiger partial charge in [-0.05, 0) is 34.2 Å². The van der Waals surface area contributed by atoms with E-state index < -0.39 is 5.97 Å². The van der Waals surface area contributed by atoms with Crippen molar-refractivity contribution in [3.63, 3.8) is 0 Å². The molecule has 0 atom stereocenters. The summed E-state index contributed by atoms with van der Waals surface area (Å²) in [6, 6.07) is 1.38. The number of hydrogen-bond donors (Lipinski definition) is 1. The number of hydrogen-bond acceptors (Lipinski definition) is 2. The summed E-state index contributed by atoms with van der Waals surface area (Å²) >= 11 is 0. The van der Waals surface area contributed by atoms with Crippen molar-refractivity contribution in [3.05, 3.63) is 12.7 Å². The van der Waals surface area contributed by atoms with Crippen LogP contribution in [0.15, 0.2) is 12.7 Å². The van der Waals surface area contributed by atoms with Gasteiger partial charge in [0.25, 0.3) is 0 Å². The standard InChI is InChI=1S/C8H19N.C3H4O2/c1-6-9(7(2)3)8(4)5;1-2-3(4)5/h7-8H,6H2,1-5H3;2H,1H2,(H,4,5). The van der Waals surface area contributed by atoms with E-state index in [1.54, 1.807) is 0 Å². The van der Waals surface area contributed by atoms with Gasteiger partial charge in [0.15, 0.2) is 0 Å². The Bertz CT molecular complexity index is 157. The molecule has 14 heavy (non-hydrogen) atoms. The van der Waals surface area contributed by atoms with Crippen LogP contribution in [0.4, 0.5) is 0 Å². The Morgan fingerprint density at radius 3 is 1.64 bits per heavy atom. The Kier molecular flexibility index (Phi) is 9.78. The number of carboxylic acids is 1. The highest BCUT2D eigenvalue weighted by molar-refractivity contribution is 5.78. The third-order valence-electron chi connectivity index (χ3n) is 1.87. The van der Waals surface area contributed by atoms with Crippen LogP contribution in [0, 0.1) is 0 Å². The predicted molar refractivity (Wildman–Crippen MR) is 60.5 cm³/mol. The van der Waals surface area contributed by atoms with E-state index in [1.165, 1.54) is 0 Å². The molecule has 0 heterocycles. The summed E-state index contributed by atoms with van der Waals surface area (Å²) in [5.41, 5.74) is 0. The van der Waals surface area contributed by atoms with E-state index in [-0.39, 0.29) is 0 Å². The molecule has 0 aliphatic rings. The van der Waals surface area contributed by atoms with Crippen molar-refractivity contribution in [2.75, 3.05) is 6.54 Å². The molecule has 0 radical (unpaired) electrons. The van der Waals surface area contributed by atoms with Crippen LogP contribution in [-0.2, 0) is 4.79 Å². The molecule has 3 heteroatoms. The van der Waals surface area contributed by atoms with Crippen molar-refractivity contribution in [3.8, 4) is 0 Å². The molecule has 0 aromatic carbocycles. The molecule has 0 rings (SSSR count). The Morgan fingerprint density at radius 1 is 1.36 bits per heavy atom. The zero-order valence-electron chi connectivity index (χ0n) is 9.95. The van der Waals surface area contributed by atoms with E-state index in [9.17, 15) is 4.79 Å². The van der Waals surface area contributed by atoms with E-state index in [4.69, 9.17) is 5.11 Å². The first-order chi connectivity index (χ1) is 6.36. The lowest BCUT2D eigenvalue weighted by Gasteiger charge is -2.28. The van der Waals surface area contributed by atoms with Crippen LogP contribution in [-0.4, -0.2) is 34.6 Å². The predicted octanol–water partition coefficient (Wildman–Crippen LogP) is 2.38. The van der Waals surface area contributed by atoms with Gasteiger partial charge >= 0.3 is 5.97 Å². The van der Waals surface area contributed by atoms with Gasteiger partial charge in [-0.1, -0.05) is 13.5 Å². The van der Waals surface area contributed by atoms with E-state index in [0.29, 0.717) is 12.1 Å². The molecule has 0 amide bonds. The molecule has 0 aliphatic carbocycles. The highest BCUT2D eigenvalue weighted by Crippen LogP contribution is 2.02. The van der Waals surface area contributed by atoms with Gasteiger partial charge in [0.2, 0.25) is 0 Å². The molecule has 0 aromatic rings. The van der Waals surface area contributed by atoms with Crippen molar-refractivity contribution in [1.29, 1.82) is 0 Å². The largest absolute Gasteiger partial charge is 0.478 e. The zero-order valence-corrected chi connectivity index (χ0v) is 9.95. The minimum absolute atomic E-state index is 0.690. The average Bonchev–Trinajstić information content (AvgIpc) is 2.05. The fraction of sp³-hybridized carbons (Fsp3) is 0.727. The Labute approximate surface area is 87.4 Å². The SMILES string of the molecule is C=CC(=O)O.CCN(C(C)C)C(C)C. The van der Waals surface area contributed by atoms with Crippen molar-refractivity contribution < 1.29 is 9.90 Å². The van der Waals surface area contributed by atoms with Crippen LogP contribution in [0.5, 0.6) is 0 Å². The lowest BCUT2D eigenvalue weighted by Crippen LogP contribution is -2.36. The van der Waals surface area contributed by atoms with Gasteiger partial charge in [-0.2, -0.15) is 0 Å². The molecule has 0 aromatic heterocycles. The highest BCUT2D eigenvalue weighted by Gasteiger charge is 2.08. The number of carboxylic acid groups (broad SMARTS) is 1. The maximum atomic E-state index is 9.25. The summed E-state index contributed by atoms with van der Waals surface area (Å²) in [5.74, 6) is -0.981. The normalized spacial score (nSPS) is 10.0. The first-order valence-electron chi connectivity index (χ1n) is 4.97. The second-order valence-corrected chi connectivity index (χ2v) is 3.56. The molecule has 3 nitrogen and oxygen atoms in total. The molecule has 0 saturated carbocycles. The average molecular weight is 201 g/mol. The van der Waals surface area contributed by atoms with Crippen molar-refractivity contribution in [2.45, 2.75) is 46.7 Å². The maximum Gasteiger partial charge on any atom is 0.327 e. The van der Waals surface area contributed by atoms with Crippen molar-refractivity contribution >= 4 is 5.97 Å². The fourth-order valence-corrected chi connectivity index (χ4v) is 1.33. The number of carbonyl (C=O) groups is 1. The molecule has 1 N–H and O–H groups in total. The Morgan fingerprint density at radius 2 is 1.64 bits per heavy atom. The molecular formula is C11H23NO2. The smallest absolute Gasteiger partial charge is 0.327 e. The highest BCUT2D eigenvalue weighted by atomic mass is 16.4. The van der Waals surface area contributed by atoms with E-state index >= 15 is 0 Å². The van der Waals surface area contributed by atoms with E-state index in [2.05, 4.69) is 46.1 Å². The van der Waals surface area contributed by atoms with Gasteiger partial charge < -0.3 is 5.11 Å². The van der Waals surface area contributed by atoms with Gasteiger partial charge in [0, 0.05) is 18.2 Å². The van der Waals surface area contributed by atoms with Gasteiger partial charge in [-0.25, -0.2) is 4.79 Å². The molecule has 84 valence electrons. The van der Waals surface area contributed by atoms with E-state index in [0.717, 1.165) is 12.6 Å². The van der Waals surface area contributed by atoms with Gasteiger partial charge in [0.05, 0.1) is 0 Å². The van der Waals surface area contributed by atoms with Crippen LogP contribution < -0.4 is 0 Å². The van der Waals surface area contributed by atoms with Crippen LogP contribution in [0.25, 0.3) is 0 Å².